The molecule has 1 fully saturated rings. The number of hydrogen-bond donors (Lipinski definition) is 1. The molecule has 0 aliphatic heterocycles. The molecule has 1 aliphatic rings. The highest BCUT2D eigenvalue weighted by Crippen LogP contribution is 2.49. The number of aromatic nitrogens is 3. The molecule has 0 bridgehead atoms. The van der Waals surface area contributed by atoms with Gasteiger partial charge in [0.25, 0.3) is 0 Å². The van der Waals surface area contributed by atoms with E-state index in [0.29, 0.717) is 27.4 Å². The molecule has 33 heavy (non-hydrogen) atoms. The number of carbonyl (C=O) groups is 2. The van der Waals surface area contributed by atoms with E-state index in [0.717, 1.165) is 12.8 Å². The van der Waals surface area contributed by atoms with Crippen molar-refractivity contribution in [2.45, 2.75) is 67.4 Å². The summed E-state index contributed by atoms with van der Waals surface area (Å²) in [6.07, 6.45) is 1.34. The van der Waals surface area contributed by atoms with Crippen LogP contribution in [0.15, 0.2) is 18.2 Å². The van der Waals surface area contributed by atoms with E-state index in [1.165, 1.54) is 0 Å². The highest BCUT2D eigenvalue weighted by molar-refractivity contribution is 6.39. The van der Waals surface area contributed by atoms with Crippen molar-refractivity contribution < 1.29 is 14.3 Å². The van der Waals surface area contributed by atoms with Gasteiger partial charge < -0.3 is 4.74 Å². The number of benzene rings is 1. The summed E-state index contributed by atoms with van der Waals surface area (Å²) in [5, 5.41) is 7.43. The summed E-state index contributed by atoms with van der Waals surface area (Å²) < 4.78 is 5.86. The number of hydrogen-bond acceptors (Lipinski definition) is 5. The zero-order chi connectivity index (χ0) is 24.7. The van der Waals surface area contributed by atoms with Crippen LogP contribution in [-0.4, -0.2) is 33.0 Å². The summed E-state index contributed by atoms with van der Waals surface area (Å²) in [6, 6.07) is 4.85. The Morgan fingerprint density at radius 1 is 0.970 bits per heavy atom. The molecule has 1 aromatic carbocycles. The van der Waals surface area contributed by atoms with Gasteiger partial charge in [-0.1, -0.05) is 71.7 Å². The van der Waals surface area contributed by atoms with Crippen LogP contribution in [0.3, 0.4) is 0 Å². The lowest BCUT2D eigenvalue weighted by Crippen LogP contribution is -2.47. The maximum absolute atomic E-state index is 12.9. The van der Waals surface area contributed by atoms with Crippen molar-refractivity contribution in [3.63, 3.8) is 0 Å². The molecule has 4 atom stereocenters. The van der Waals surface area contributed by atoms with Gasteiger partial charge in [0.1, 0.15) is 6.10 Å². The van der Waals surface area contributed by atoms with Crippen LogP contribution in [0.5, 0.6) is 0 Å². The van der Waals surface area contributed by atoms with Crippen molar-refractivity contribution in [1.29, 1.82) is 0 Å². The number of Topliss-reactive ketones (excluding diaryl/α,β-unsaturated/α-hetero) is 1. The second-order valence-corrected chi connectivity index (χ2v) is 12.2. The standard InChI is InChI=1S/C25H33Cl2N3O3/c1-13-8-18(25(5,6)7)19(12-17(13)24(2,3)4)33-23(32)20(31)22-28-21(29-30-22)14-9-15(26)11-16(27)10-14/h9-11,13,17-19H,8,12H2,1-7H3,(H,28,29,30)/t13-,17+,18-,19+/m0/s1. The minimum atomic E-state index is -0.914. The molecule has 2 aromatic rings. The van der Waals surface area contributed by atoms with Crippen LogP contribution in [0.2, 0.25) is 10.0 Å². The van der Waals surface area contributed by atoms with Crippen LogP contribution >= 0.6 is 23.2 Å². The summed E-state index contributed by atoms with van der Waals surface area (Å²) in [4.78, 5) is 29.9. The quantitative estimate of drug-likeness (QED) is 0.293. The minimum Gasteiger partial charge on any atom is -0.456 e. The average Bonchev–Trinajstić information content (AvgIpc) is 3.16. The first-order valence-electron chi connectivity index (χ1n) is 11.3. The predicted octanol–water partition coefficient (Wildman–Crippen LogP) is 6.63. The van der Waals surface area contributed by atoms with Crippen LogP contribution in [-0.2, 0) is 9.53 Å². The van der Waals surface area contributed by atoms with E-state index in [2.05, 4.69) is 63.6 Å². The first kappa shape index (κ1) is 25.7. The smallest absolute Gasteiger partial charge is 0.383 e. The monoisotopic (exact) mass is 493 g/mol. The maximum atomic E-state index is 12.9. The third kappa shape index (κ3) is 5.96. The largest absolute Gasteiger partial charge is 0.456 e. The first-order chi connectivity index (χ1) is 15.2. The molecule has 0 amide bonds. The number of halogens is 2. The van der Waals surface area contributed by atoms with E-state index in [9.17, 15) is 9.59 Å². The van der Waals surface area contributed by atoms with E-state index in [4.69, 9.17) is 27.9 Å². The lowest BCUT2D eigenvalue weighted by molar-refractivity contribution is -0.156. The number of nitrogens with zero attached hydrogens (tertiary/aromatic N) is 2. The fraction of sp³-hybridized carbons (Fsp3) is 0.600. The Kier molecular flexibility index (Phi) is 7.30. The first-order valence-corrected chi connectivity index (χ1v) is 12.1. The number of ether oxygens (including phenoxy) is 1. The number of rotatable bonds is 4. The Hall–Kier alpha value is -1.92. The second kappa shape index (κ2) is 9.38. The highest BCUT2D eigenvalue weighted by Gasteiger charge is 2.46. The zero-order valence-corrected chi connectivity index (χ0v) is 21.8. The lowest BCUT2D eigenvalue weighted by Gasteiger charge is -2.49. The van der Waals surface area contributed by atoms with Gasteiger partial charge in [-0.25, -0.2) is 9.78 Å². The number of ketones is 1. The maximum Gasteiger partial charge on any atom is 0.383 e. The van der Waals surface area contributed by atoms with Gasteiger partial charge >= 0.3 is 11.8 Å². The number of carbonyl (C=O) groups excluding carboxylic acids is 2. The SMILES string of the molecule is C[C@H]1C[C@H](C(C)(C)C)[C@H](OC(=O)C(=O)c2nc(-c3cc(Cl)cc(Cl)c3)n[nH]2)C[C@H]1C(C)(C)C. The fourth-order valence-corrected chi connectivity index (χ4v) is 5.60. The molecule has 1 aliphatic carbocycles. The molecule has 0 saturated heterocycles. The molecule has 180 valence electrons. The summed E-state index contributed by atoms with van der Waals surface area (Å²) in [5.74, 6) is -0.669. The van der Waals surface area contributed by atoms with Crippen molar-refractivity contribution in [2.24, 2.45) is 28.6 Å². The van der Waals surface area contributed by atoms with E-state index in [1.54, 1.807) is 18.2 Å². The lowest BCUT2D eigenvalue weighted by atomic mass is 9.59. The number of esters is 1. The van der Waals surface area contributed by atoms with E-state index in [-0.39, 0.29) is 34.5 Å². The molecule has 8 heteroatoms. The Labute approximate surface area is 205 Å². The van der Waals surface area contributed by atoms with Gasteiger partial charge in [-0.05, 0) is 53.7 Å². The third-order valence-corrected chi connectivity index (χ3v) is 7.17. The molecule has 1 saturated carbocycles. The molecule has 1 heterocycles. The molecular formula is C25H33Cl2N3O3. The number of nitrogens with one attached hydrogen (secondary N) is 1. The van der Waals surface area contributed by atoms with Crippen LogP contribution in [0.25, 0.3) is 11.4 Å². The van der Waals surface area contributed by atoms with Crippen molar-refractivity contribution in [1.82, 2.24) is 15.2 Å². The molecular weight excluding hydrogens is 461 g/mol. The van der Waals surface area contributed by atoms with Crippen molar-refractivity contribution in [3.05, 3.63) is 34.1 Å². The van der Waals surface area contributed by atoms with Gasteiger partial charge in [-0.15, -0.1) is 0 Å². The van der Waals surface area contributed by atoms with Gasteiger partial charge in [0.15, 0.2) is 5.82 Å². The van der Waals surface area contributed by atoms with Crippen molar-refractivity contribution >= 4 is 35.0 Å². The number of aromatic amines is 1. The van der Waals surface area contributed by atoms with Gasteiger partial charge in [0.05, 0.1) is 0 Å². The van der Waals surface area contributed by atoms with Crippen LogP contribution in [0.4, 0.5) is 0 Å². The Balaban J connectivity index is 1.80. The Morgan fingerprint density at radius 2 is 1.55 bits per heavy atom. The normalized spacial score (nSPS) is 23.9. The summed E-state index contributed by atoms with van der Waals surface area (Å²) >= 11 is 12.1. The average molecular weight is 494 g/mol. The summed E-state index contributed by atoms with van der Waals surface area (Å²) in [7, 11) is 0. The third-order valence-electron chi connectivity index (χ3n) is 6.74. The summed E-state index contributed by atoms with van der Waals surface area (Å²) in [6.45, 7) is 15.4. The molecule has 0 radical (unpaired) electrons. The molecule has 1 N–H and O–H groups in total. The minimum absolute atomic E-state index is 0.0592. The fourth-order valence-electron chi connectivity index (χ4n) is 5.08. The van der Waals surface area contributed by atoms with Crippen LogP contribution in [0.1, 0.15) is 71.9 Å². The van der Waals surface area contributed by atoms with Crippen molar-refractivity contribution in [2.75, 3.05) is 0 Å². The van der Waals surface area contributed by atoms with Crippen LogP contribution in [0, 0.1) is 28.6 Å². The van der Waals surface area contributed by atoms with Gasteiger partial charge in [-0.3, -0.25) is 9.89 Å². The Morgan fingerprint density at radius 3 is 2.09 bits per heavy atom. The molecule has 6 nitrogen and oxygen atoms in total. The van der Waals surface area contributed by atoms with Gasteiger partial charge in [0, 0.05) is 21.5 Å². The predicted molar refractivity (Wildman–Crippen MR) is 130 cm³/mol. The number of H-pyrrole nitrogens is 1. The highest BCUT2D eigenvalue weighted by atomic mass is 35.5. The van der Waals surface area contributed by atoms with E-state index in [1.807, 2.05) is 0 Å². The summed E-state index contributed by atoms with van der Waals surface area (Å²) in [5.41, 5.74) is 0.559. The Bertz CT molecular complexity index is 1020. The molecule has 3 rings (SSSR count). The van der Waals surface area contributed by atoms with E-state index >= 15 is 0 Å². The molecule has 0 spiro atoms. The second-order valence-electron chi connectivity index (χ2n) is 11.3. The van der Waals surface area contributed by atoms with Crippen molar-refractivity contribution in [3.8, 4) is 11.4 Å². The van der Waals surface area contributed by atoms with Crippen LogP contribution < -0.4 is 0 Å². The van der Waals surface area contributed by atoms with E-state index < -0.39 is 11.8 Å². The molecule has 0 unspecified atom stereocenters. The van der Waals surface area contributed by atoms with Gasteiger partial charge in [-0.2, -0.15) is 5.10 Å². The zero-order valence-electron chi connectivity index (χ0n) is 20.3. The molecule has 1 aromatic heterocycles. The topological polar surface area (TPSA) is 84.9 Å². The van der Waals surface area contributed by atoms with Gasteiger partial charge in [0.2, 0.25) is 5.82 Å².